The SMILES string of the molecule is COC(=O)/C=C1\CC[C@@H](OC(C)=O)[C@](C)(CCCC(C)C(O)CC=C(C)C)OC1. The van der Waals surface area contributed by atoms with E-state index in [0.29, 0.717) is 32.3 Å². The first kappa shape index (κ1) is 25.4. The minimum absolute atomic E-state index is 0.168. The molecule has 0 aliphatic carbocycles. The molecule has 2 unspecified atom stereocenters. The lowest BCUT2D eigenvalue weighted by atomic mass is 9.87. The molecule has 0 aromatic carbocycles. The van der Waals surface area contributed by atoms with Crippen molar-refractivity contribution in [2.24, 2.45) is 5.92 Å². The third-order valence-electron chi connectivity index (χ3n) is 5.58. The first-order chi connectivity index (χ1) is 13.6. The van der Waals surface area contributed by atoms with Crippen LogP contribution in [0.2, 0.25) is 0 Å². The van der Waals surface area contributed by atoms with Gasteiger partial charge in [0, 0.05) is 13.0 Å². The number of hydrogen-bond acceptors (Lipinski definition) is 6. The molecule has 1 N–H and O–H groups in total. The molecule has 1 aliphatic rings. The van der Waals surface area contributed by atoms with Crippen molar-refractivity contribution in [3.8, 4) is 0 Å². The van der Waals surface area contributed by atoms with E-state index < -0.39 is 11.6 Å². The van der Waals surface area contributed by atoms with Crippen molar-refractivity contribution in [2.45, 2.75) is 91.0 Å². The van der Waals surface area contributed by atoms with Gasteiger partial charge >= 0.3 is 11.9 Å². The van der Waals surface area contributed by atoms with Gasteiger partial charge in [-0.3, -0.25) is 4.79 Å². The van der Waals surface area contributed by atoms with Crippen molar-refractivity contribution >= 4 is 11.9 Å². The van der Waals surface area contributed by atoms with Crippen molar-refractivity contribution in [1.29, 1.82) is 0 Å². The summed E-state index contributed by atoms with van der Waals surface area (Å²) in [5.74, 6) is -0.576. The van der Waals surface area contributed by atoms with Gasteiger partial charge in [-0.25, -0.2) is 4.79 Å². The normalized spacial score (nSPS) is 25.6. The zero-order valence-corrected chi connectivity index (χ0v) is 18.8. The van der Waals surface area contributed by atoms with Gasteiger partial charge < -0.3 is 19.3 Å². The minimum Gasteiger partial charge on any atom is -0.466 e. The highest BCUT2D eigenvalue weighted by atomic mass is 16.6. The van der Waals surface area contributed by atoms with Crippen LogP contribution in [0.3, 0.4) is 0 Å². The number of carbonyl (C=O) groups excluding carboxylic acids is 2. The summed E-state index contributed by atoms with van der Waals surface area (Å²) in [6.45, 7) is 9.78. The van der Waals surface area contributed by atoms with E-state index in [1.54, 1.807) is 0 Å². The van der Waals surface area contributed by atoms with Gasteiger partial charge in [0.15, 0.2) is 0 Å². The molecule has 6 nitrogen and oxygen atoms in total. The van der Waals surface area contributed by atoms with Crippen LogP contribution in [0.4, 0.5) is 0 Å². The standard InChI is InChI=1S/C23H38O6/c1-16(2)9-11-20(25)17(3)8-7-13-23(5)21(29-18(4)24)12-10-19(15-28-23)14-22(26)27-6/h9,14,17,20-21,25H,7-8,10-13,15H2,1-6H3/b19-14+/t17?,20?,21-,23+/m1/s1. The zero-order valence-electron chi connectivity index (χ0n) is 18.8. The lowest BCUT2D eigenvalue weighted by Gasteiger charge is -2.35. The van der Waals surface area contributed by atoms with Crippen LogP contribution in [0.15, 0.2) is 23.3 Å². The molecule has 0 radical (unpaired) electrons. The second-order valence-electron chi connectivity index (χ2n) is 8.52. The maximum atomic E-state index is 11.6. The molecule has 0 saturated carbocycles. The molecule has 0 spiro atoms. The van der Waals surface area contributed by atoms with Crippen LogP contribution in [0.5, 0.6) is 0 Å². The lowest BCUT2D eigenvalue weighted by molar-refractivity contribution is -0.167. The fourth-order valence-corrected chi connectivity index (χ4v) is 3.56. The summed E-state index contributed by atoms with van der Waals surface area (Å²) in [7, 11) is 1.34. The number of aliphatic hydroxyl groups is 1. The van der Waals surface area contributed by atoms with Crippen molar-refractivity contribution in [3.63, 3.8) is 0 Å². The molecule has 0 amide bonds. The van der Waals surface area contributed by atoms with Gasteiger partial charge in [-0.1, -0.05) is 25.0 Å². The highest BCUT2D eigenvalue weighted by Gasteiger charge is 2.39. The Morgan fingerprint density at radius 1 is 1.34 bits per heavy atom. The first-order valence-electron chi connectivity index (χ1n) is 10.5. The smallest absolute Gasteiger partial charge is 0.330 e. The quantitative estimate of drug-likeness (QED) is 0.350. The molecule has 1 fully saturated rings. The lowest BCUT2D eigenvalue weighted by Crippen LogP contribution is -2.43. The fraction of sp³-hybridized carbons (Fsp3) is 0.739. The Morgan fingerprint density at radius 2 is 2.03 bits per heavy atom. The van der Waals surface area contributed by atoms with Crippen LogP contribution in [-0.2, 0) is 23.8 Å². The average molecular weight is 411 g/mol. The van der Waals surface area contributed by atoms with E-state index in [2.05, 4.69) is 13.0 Å². The van der Waals surface area contributed by atoms with E-state index in [-0.39, 0.29) is 24.1 Å². The van der Waals surface area contributed by atoms with E-state index in [1.807, 2.05) is 20.8 Å². The molecule has 0 bridgehead atoms. The van der Waals surface area contributed by atoms with E-state index in [0.717, 1.165) is 18.4 Å². The highest BCUT2D eigenvalue weighted by Crippen LogP contribution is 2.34. The third kappa shape index (κ3) is 9.13. The maximum Gasteiger partial charge on any atom is 0.330 e. The summed E-state index contributed by atoms with van der Waals surface area (Å²) in [4.78, 5) is 23.2. The Labute approximate surface area is 175 Å². The molecule has 1 saturated heterocycles. The van der Waals surface area contributed by atoms with Crippen LogP contribution >= 0.6 is 0 Å². The van der Waals surface area contributed by atoms with Crippen LogP contribution in [0.25, 0.3) is 0 Å². The summed E-state index contributed by atoms with van der Waals surface area (Å²) >= 11 is 0. The molecule has 1 rings (SSSR count). The first-order valence-corrected chi connectivity index (χ1v) is 10.5. The molecule has 6 heteroatoms. The Bertz CT molecular complexity index is 604. The van der Waals surface area contributed by atoms with Gasteiger partial charge in [-0.05, 0) is 64.4 Å². The Kier molecular flexibility index (Phi) is 10.6. The van der Waals surface area contributed by atoms with Gasteiger partial charge in [0.2, 0.25) is 0 Å². The van der Waals surface area contributed by atoms with E-state index in [1.165, 1.54) is 25.7 Å². The van der Waals surface area contributed by atoms with Gasteiger partial charge in [0.25, 0.3) is 0 Å². The molecule has 0 aromatic rings. The van der Waals surface area contributed by atoms with Crippen LogP contribution in [-0.4, -0.2) is 48.6 Å². The van der Waals surface area contributed by atoms with E-state index in [4.69, 9.17) is 14.2 Å². The Hall–Kier alpha value is -1.66. The topological polar surface area (TPSA) is 82.1 Å². The van der Waals surface area contributed by atoms with Crippen molar-refractivity contribution in [1.82, 2.24) is 0 Å². The maximum absolute atomic E-state index is 11.6. The number of rotatable bonds is 9. The second kappa shape index (κ2) is 12.1. The number of allylic oxidation sites excluding steroid dienone is 1. The van der Waals surface area contributed by atoms with Crippen LogP contribution < -0.4 is 0 Å². The van der Waals surface area contributed by atoms with Crippen LogP contribution in [0.1, 0.15) is 73.1 Å². The number of esters is 2. The van der Waals surface area contributed by atoms with Gasteiger partial charge in [-0.2, -0.15) is 0 Å². The summed E-state index contributed by atoms with van der Waals surface area (Å²) in [6, 6.07) is 0. The van der Waals surface area contributed by atoms with Gasteiger partial charge in [-0.15, -0.1) is 0 Å². The molecule has 4 atom stereocenters. The molecule has 1 heterocycles. The predicted molar refractivity (Wildman–Crippen MR) is 112 cm³/mol. The van der Waals surface area contributed by atoms with Gasteiger partial charge in [0.05, 0.1) is 19.8 Å². The monoisotopic (exact) mass is 410 g/mol. The molecule has 1 aliphatic heterocycles. The summed E-state index contributed by atoms with van der Waals surface area (Å²) in [6.07, 6.45) is 7.04. The summed E-state index contributed by atoms with van der Waals surface area (Å²) < 4.78 is 16.4. The van der Waals surface area contributed by atoms with Crippen molar-refractivity contribution in [2.75, 3.05) is 13.7 Å². The Balaban J connectivity index is 2.74. The van der Waals surface area contributed by atoms with E-state index >= 15 is 0 Å². The van der Waals surface area contributed by atoms with Crippen molar-refractivity contribution in [3.05, 3.63) is 23.3 Å². The fourth-order valence-electron chi connectivity index (χ4n) is 3.56. The third-order valence-corrected chi connectivity index (χ3v) is 5.58. The second-order valence-corrected chi connectivity index (χ2v) is 8.52. The molecular formula is C23H38O6. The molecule has 0 aromatic heterocycles. The van der Waals surface area contributed by atoms with Crippen LogP contribution in [0, 0.1) is 5.92 Å². The highest BCUT2D eigenvalue weighted by molar-refractivity contribution is 5.82. The van der Waals surface area contributed by atoms with Crippen molar-refractivity contribution < 1.29 is 28.9 Å². The largest absolute Gasteiger partial charge is 0.466 e. The number of methoxy groups -OCH3 is 1. The summed E-state index contributed by atoms with van der Waals surface area (Å²) in [5.41, 5.74) is 1.40. The molecule has 29 heavy (non-hydrogen) atoms. The summed E-state index contributed by atoms with van der Waals surface area (Å²) in [5, 5.41) is 10.3. The Morgan fingerprint density at radius 3 is 2.62 bits per heavy atom. The minimum atomic E-state index is -0.637. The molecular weight excluding hydrogens is 372 g/mol. The van der Waals surface area contributed by atoms with Gasteiger partial charge in [0.1, 0.15) is 11.7 Å². The number of hydrogen-bond donors (Lipinski definition) is 1. The van der Waals surface area contributed by atoms with E-state index in [9.17, 15) is 14.7 Å². The number of ether oxygens (including phenoxy) is 3. The predicted octanol–water partition coefficient (Wildman–Crippen LogP) is 4.11. The zero-order chi connectivity index (χ0) is 22.0. The molecule has 166 valence electrons. The number of carbonyl (C=O) groups is 2. The number of aliphatic hydroxyl groups excluding tert-OH is 1. The average Bonchev–Trinajstić information content (AvgIpc) is 2.79.